The molecule has 1 saturated heterocycles. The first-order valence-corrected chi connectivity index (χ1v) is 8.00. The van der Waals surface area contributed by atoms with Crippen molar-refractivity contribution in [3.63, 3.8) is 0 Å². The van der Waals surface area contributed by atoms with E-state index in [0.717, 1.165) is 32.7 Å². The Bertz CT molecular complexity index is 641. The first-order valence-electron chi connectivity index (χ1n) is 8.00. The molecule has 6 nitrogen and oxygen atoms in total. The molecule has 0 bridgehead atoms. The van der Waals surface area contributed by atoms with Gasteiger partial charge in [0.1, 0.15) is 17.9 Å². The number of hydrogen-bond acceptors (Lipinski definition) is 3. The Kier molecular flexibility index (Phi) is 4.62. The van der Waals surface area contributed by atoms with Crippen molar-refractivity contribution in [2.45, 2.75) is 20.4 Å². The minimum atomic E-state index is -0.0711. The van der Waals surface area contributed by atoms with E-state index in [1.165, 1.54) is 10.5 Å². The Morgan fingerprint density at radius 2 is 1.96 bits per heavy atom. The lowest BCUT2D eigenvalue weighted by Gasteiger charge is -2.32. The van der Waals surface area contributed by atoms with E-state index in [-0.39, 0.29) is 6.03 Å². The zero-order chi connectivity index (χ0) is 16.2. The van der Waals surface area contributed by atoms with Crippen LogP contribution in [0.5, 0.6) is 0 Å². The highest BCUT2D eigenvalue weighted by atomic mass is 16.5. The van der Waals surface area contributed by atoms with Crippen LogP contribution in [-0.4, -0.2) is 42.3 Å². The first kappa shape index (κ1) is 15.6. The molecule has 3 rings (SSSR count). The molecule has 1 aromatic heterocycles. The summed E-state index contributed by atoms with van der Waals surface area (Å²) >= 11 is 0. The number of aromatic nitrogens is 1. The summed E-state index contributed by atoms with van der Waals surface area (Å²) in [4.78, 5) is 15.7. The quantitative estimate of drug-likeness (QED) is 0.895. The fraction of sp³-hybridized carbons (Fsp3) is 0.412. The molecular weight excluding hydrogens is 292 g/mol. The molecule has 1 aliphatic rings. The standard InChI is InChI=1S/C17H22N4O2/c1-13-16(14(2)23-19-13)18-17(22)21-10-8-20(9-11-21)12-15-6-4-3-5-7-15/h3-7H,8-12H2,1-2H3,(H,18,22)/p+1. The van der Waals surface area contributed by atoms with E-state index in [0.29, 0.717) is 17.1 Å². The van der Waals surface area contributed by atoms with E-state index in [1.807, 2.05) is 17.9 Å². The summed E-state index contributed by atoms with van der Waals surface area (Å²) in [6.07, 6.45) is 0. The second-order valence-electron chi connectivity index (χ2n) is 6.03. The summed E-state index contributed by atoms with van der Waals surface area (Å²) in [5.74, 6) is 0.643. The summed E-state index contributed by atoms with van der Waals surface area (Å²) in [5.41, 5.74) is 2.74. The number of quaternary nitrogens is 1. The minimum Gasteiger partial charge on any atom is -0.359 e. The van der Waals surface area contributed by atoms with Gasteiger partial charge in [0, 0.05) is 5.56 Å². The Balaban J connectivity index is 1.51. The number of benzene rings is 1. The minimum absolute atomic E-state index is 0.0711. The van der Waals surface area contributed by atoms with Crippen molar-refractivity contribution in [2.24, 2.45) is 0 Å². The molecule has 2 N–H and O–H groups in total. The molecule has 0 radical (unpaired) electrons. The number of nitrogens with zero attached hydrogens (tertiary/aromatic N) is 2. The lowest BCUT2D eigenvalue weighted by atomic mass is 10.2. The highest BCUT2D eigenvalue weighted by molar-refractivity contribution is 5.90. The topological polar surface area (TPSA) is 62.8 Å². The SMILES string of the molecule is Cc1noc(C)c1NC(=O)N1CC[NH+](Cc2ccccc2)CC1. The van der Waals surface area contributed by atoms with E-state index in [4.69, 9.17) is 4.52 Å². The zero-order valence-electron chi connectivity index (χ0n) is 13.6. The van der Waals surface area contributed by atoms with Crippen LogP contribution < -0.4 is 10.2 Å². The lowest BCUT2D eigenvalue weighted by molar-refractivity contribution is -0.917. The molecule has 0 spiro atoms. The normalized spacial score (nSPS) is 15.7. The number of nitrogens with one attached hydrogen (secondary N) is 2. The van der Waals surface area contributed by atoms with Crippen LogP contribution in [-0.2, 0) is 6.54 Å². The van der Waals surface area contributed by atoms with Gasteiger partial charge in [-0.05, 0) is 13.8 Å². The Morgan fingerprint density at radius 1 is 1.26 bits per heavy atom. The number of rotatable bonds is 3. The molecule has 1 aromatic carbocycles. The second-order valence-corrected chi connectivity index (χ2v) is 6.03. The largest absolute Gasteiger partial charge is 0.359 e. The predicted octanol–water partition coefficient (Wildman–Crippen LogP) is 1.22. The van der Waals surface area contributed by atoms with Gasteiger partial charge in [0.2, 0.25) is 0 Å². The smallest absolute Gasteiger partial charge is 0.322 e. The number of piperazine rings is 1. The molecule has 1 aliphatic heterocycles. The Morgan fingerprint density at radius 3 is 2.57 bits per heavy atom. The van der Waals surface area contributed by atoms with Crippen molar-refractivity contribution in [3.8, 4) is 0 Å². The molecular formula is C17H23N4O2+. The monoisotopic (exact) mass is 315 g/mol. The van der Waals surface area contributed by atoms with Crippen molar-refractivity contribution in [3.05, 3.63) is 47.3 Å². The number of carbonyl (C=O) groups is 1. The number of urea groups is 1. The maximum Gasteiger partial charge on any atom is 0.322 e. The van der Waals surface area contributed by atoms with Gasteiger partial charge in [0.05, 0.1) is 26.2 Å². The third kappa shape index (κ3) is 3.71. The molecule has 2 amide bonds. The molecule has 6 heteroatoms. The van der Waals surface area contributed by atoms with Crippen molar-refractivity contribution >= 4 is 11.7 Å². The average molecular weight is 315 g/mol. The second kappa shape index (κ2) is 6.83. The summed E-state index contributed by atoms with van der Waals surface area (Å²) in [5, 5.41) is 6.78. The van der Waals surface area contributed by atoms with Crippen LogP contribution in [0.15, 0.2) is 34.9 Å². The van der Waals surface area contributed by atoms with E-state index in [9.17, 15) is 4.79 Å². The fourth-order valence-electron chi connectivity index (χ4n) is 2.93. The van der Waals surface area contributed by atoms with E-state index >= 15 is 0 Å². The van der Waals surface area contributed by atoms with Gasteiger partial charge >= 0.3 is 6.03 Å². The molecule has 0 saturated carbocycles. The summed E-state index contributed by atoms with van der Waals surface area (Å²) in [6, 6.07) is 10.4. The van der Waals surface area contributed by atoms with Crippen LogP contribution in [0.1, 0.15) is 17.0 Å². The van der Waals surface area contributed by atoms with Crippen LogP contribution in [0.2, 0.25) is 0 Å². The van der Waals surface area contributed by atoms with Crippen LogP contribution in [0.3, 0.4) is 0 Å². The van der Waals surface area contributed by atoms with Crippen LogP contribution >= 0.6 is 0 Å². The fourth-order valence-corrected chi connectivity index (χ4v) is 2.93. The third-order valence-electron chi connectivity index (χ3n) is 4.32. The van der Waals surface area contributed by atoms with Crippen LogP contribution in [0.25, 0.3) is 0 Å². The van der Waals surface area contributed by atoms with E-state index in [1.54, 1.807) is 6.92 Å². The van der Waals surface area contributed by atoms with Gasteiger partial charge in [-0.2, -0.15) is 0 Å². The lowest BCUT2D eigenvalue weighted by Crippen LogP contribution is -3.13. The Labute approximate surface area is 136 Å². The molecule has 1 fully saturated rings. The number of hydrogen-bond donors (Lipinski definition) is 2. The zero-order valence-corrected chi connectivity index (χ0v) is 13.6. The molecule has 0 unspecified atom stereocenters. The van der Waals surface area contributed by atoms with Crippen molar-refractivity contribution in [2.75, 3.05) is 31.5 Å². The van der Waals surface area contributed by atoms with Gasteiger partial charge in [0.15, 0.2) is 5.76 Å². The highest BCUT2D eigenvalue weighted by Gasteiger charge is 2.25. The van der Waals surface area contributed by atoms with Gasteiger partial charge < -0.3 is 19.6 Å². The maximum absolute atomic E-state index is 12.4. The van der Waals surface area contributed by atoms with Gasteiger partial charge in [-0.1, -0.05) is 35.5 Å². The third-order valence-corrected chi connectivity index (χ3v) is 4.32. The van der Waals surface area contributed by atoms with Gasteiger partial charge in [-0.25, -0.2) is 4.79 Å². The molecule has 122 valence electrons. The number of carbonyl (C=O) groups excluding carboxylic acids is 1. The molecule has 23 heavy (non-hydrogen) atoms. The van der Waals surface area contributed by atoms with E-state index in [2.05, 4.69) is 34.7 Å². The van der Waals surface area contributed by atoms with Crippen LogP contribution in [0.4, 0.5) is 10.5 Å². The summed E-state index contributed by atoms with van der Waals surface area (Å²) in [6.45, 7) is 8.09. The first-order chi connectivity index (χ1) is 11.1. The van der Waals surface area contributed by atoms with Crippen molar-refractivity contribution < 1.29 is 14.2 Å². The number of anilines is 1. The van der Waals surface area contributed by atoms with Gasteiger partial charge in [-0.3, -0.25) is 0 Å². The predicted molar refractivity (Wildman–Crippen MR) is 87.4 cm³/mol. The summed E-state index contributed by atoms with van der Waals surface area (Å²) < 4.78 is 5.08. The summed E-state index contributed by atoms with van der Waals surface area (Å²) in [7, 11) is 0. The van der Waals surface area contributed by atoms with E-state index < -0.39 is 0 Å². The molecule has 2 aromatic rings. The number of amides is 2. The van der Waals surface area contributed by atoms with Gasteiger partial charge in [0.25, 0.3) is 0 Å². The molecule has 0 atom stereocenters. The number of aryl methyl sites for hydroxylation is 2. The van der Waals surface area contributed by atoms with Crippen molar-refractivity contribution in [1.82, 2.24) is 10.1 Å². The maximum atomic E-state index is 12.4. The van der Waals surface area contributed by atoms with Gasteiger partial charge in [-0.15, -0.1) is 0 Å². The molecule has 0 aliphatic carbocycles. The Hall–Kier alpha value is -2.34. The average Bonchev–Trinajstić information content (AvgIpc) is 2.88. The highest BCUT2D eigenvalue weighted by Crippen LogP contribution is 2.19. The van der Waals surface area contributed by atoms with Crippen LogP contribution in [0, 0.1) is 13.8 Å². The molecule has 2 heterocycles. The van der Waals surface area contributed by atoms with Crippen molar-refractivity contribution in [1.29, 1.82) is 0 Å².